The first-order chi connectivity index (χ1) is 9.08. The van der Waals surface area contributed by atoms with Gasteiger partial charge in [0.05, 0.1) is 11.3 Å². The maximum atomic E-state index is 12.8. The Kier molecular flexibility index (Phi) is 3.80. The van der Waals surface area contributed by atoms with E-state index in [2.05, 4.69) is 0 Å². The first-order valence-corrected chi connectivity index (χ1v) is 5.86. The summed E-state index contributed by atoms with van der Waals surface area (Å²) in [5.74, 6) is -1.24. The van der Waals surface area contributed by atoms with Crippen molar-refractivity contribution in [3.8, 4) is 0 Å². The highest BCUT2D eigenvalue weighted by atomic mass is 19.1. The first kappa shape index (κ1) is 13.1. The summed E-state index contributed by atoms with van der Waals surface area (Å²) in [4.78, 5) is 13.0. The number of rotatable bonds is 4. The second-order valence-electron chi connectivity index (χ2n) is 4.30. The summed E-state index contributed by atoms with van der Waals surface area (Å²) < 4.78 is 12.8. The number of anilines is 1. The molecule has 0 amide bonds. The molecule has 0 fully saturated rings. The second kappa shape index (κ2) is 5.52. The number of halogens is 1. The lowest BCUT2D eigenvalue weighted by atomic mass is 10.1. The Morgan fingerprint density at radius 1 is 1.16 bits per heavy atom. The van der Waals surface area contributed by atoms with Crippen molar-refractivity contribution in [3.63, 3.8) is 0 Å². The van der Waals surface area contributed by atoms with Crippen LogP contribution in [0.3, 0.4) is 0 Å². The highest BCUT2D eigenvalue weighted by Crippen LogP contribution is 2.21. The Bertz CT molecular complexity index is 581. The van der Waals surface area contributed by atoms with Crippen molar-refractivity contribution in [2.75, 3.05) is 11.9 Å². The number of carboxylic acid groups (broad SMARTS) is 1. The van der Waals surface area contributed by atoms with Crippen molar-refractivity contribution < 1.29 is 14.3 Å². The van der Waals surface area contributed by atoms with Gasteiger partial charge in [0.15, 0.2) is 0 Å². The molecule has 0 saturated carbocycles. The van der Waals surface area contributed by atoms with E-state index in [4.69, 9.17) is 5.11 Å². The summed E-state index contributed by atoms with van der Waals surface area (Å²) in [6.07, 6.45) is 0. The van der Waals surface area contributed by atoms with E-state index in [1.165, 1.54) is 12.1 Å². The van der Waals surface area contributed by atoms with Crippen LogP contribution in [0.15, 0.2) is 48.5 Å². The molecule has 2 rings (SSSR count). The molecule has 0 aliphatic rings. The molecule has 0 atom stereocenters. The van der Waals surface area contributed by atoms with Crippen LogP contribution in [0.4, 0.5) is 10.1 Å². The number of para-hydroxylation sites is 1. The Balaban J connectivity index is 2.22. The van der Waals surface area contributed by atoms with Gasteiger partial charge >= 0.3 is 5.97 Å². The van der Waals surface area contributed by atoms with Gasteiger partial charge in [-0.25, -0.2) is 9.18 Å². The zero-order chi connectivity index (χ0) is 13.8. The molecular formula is C15H14FNO2. The van der Waals surface area contributed by atoms with E-state index in [1.54, 1.807) is 36.4 Å². The van der Waals surface area contributed by atoms with Crippen molar-refractivity contribution in [2.45, 2.75) is 6.54 Å². The molecule has 0 heterocycles. The minimum Gasteiger partial charge on any atom is -0.478 e. The van der Waals surface area contributed by atoms with Crippen molar-refractivity contribution in [3.05, 3.63) is 65.5 Å². The summed E-state index contributed by atoms with van der Waals surface area (Å²) in [5.41, 5.74) is 1.82. The molecule has 0 bridgehead atoms. The van der Waals surface area contributed by atoms with E-state index in [0.29, 0.717) is 12.2 Å². The summed E-state index contributed by atoms with van der Waals surface area (Å²) >= 11 is 0. The largest absolute Gasteiger partial charge is 0.478 e. The number of carboxylic acids is 1. The fourth-order valence-electron chi connectivity index (χ4n) is 1.94. The number of hydrogen-bond acceptors (Lipinski definition) is 2. The fourth-order valence-corrected chi connectivity index (χ4v) is 1.94. The molecule has 19 heavy (non-hydrogen) atoms. The minimum absolute atomic E-state index is 0.257. The third-order valence-electron chi connectivity index (χ3n) is 2.88. The topological polar surface area (TPSA) is 40.5 Å². The Morgan fingerprint density at radius 3 is 2.42 bits per heavy atom. The van der Waals surface area contributed by atoms with Gasteiger partial charge in [0.25, 0.3) is 0 Å². The van der Waals surface area contributed by atoms with Gasteiger partial charge in [0, 0.05) is 13.6 Å². The zero-order valence-corrected chi connectivity index (χ0v) is 10.5. The standard InChI is InChI=1S/C15H14FNO2/c1-17(10-11-6-8-12(16)9-7-11)14-5-3-2-4-13(14)15(18)19/h2-9H,10H2,1H3,(H,18,19). The van der Waals surface area contributed by atoms with Crippen LogP contribution >= 0.6 is 0 Å². The van der Waals surface area contributed by atoms with Gasteiger partial charge in [0.1, 0.15) is 5.82 Å². The molecular weight excluding hydrogens is 245 g/mol. The molecule has 0 saturated heterocycles. The van der Waals surface area contributed by atoms with Crippen molar-refractivity contribution in [1.29, 1.82) is 0 Å². The first-order valence-electron chi connectivity index (χ1n) is 5.86. The van der Waals surface area contributed by atoms with Crippen molar-refractivity contribution >= 4 is 11.7 Å². The van der Waals surface area contributed by atoms with Gasteiger partial charge in [-0.15, -0.1) is 0 Å². The average Bonchev–Trinajstić information content (AvgIpc) is 2.41. The van der Waals surface area contributed by atoms with Crippen LogP contribution in [0, 0.1) is 5.82 Å². The van der Waals surface area contributed by atoms with Gasteiger partial charge in [-0.05, 0) is 29.8 Å². The van der Waals surface area contributed by atoms with Crippen molar-refractivity contribution in [1.82, 2.24) is 0 Å². The second-order valence-corrected chi connectivity index (χ2v) is 4.30. The number of carbonyl (C=O) groups is 1. The molecule has 0 aromatic heterocycles. The monoisotopic (exact) mass is 259 g/mol. The summed E-state index contributed by atoms with van der Waals surface area (Å²) in [6, 6.07) is 13.0. The fraction of sp³-hybridized carbons (Fsp3) is 0.133. The van der Waals surface area contributed by atoms with Gasteiger partial charge in [-0.3, -0.25) is 0 Å². The van der Waals surface area contributed by atoms with Crippen LogP contribution in [0.25, 0.3) is 0 Å². The molecule has 0 aliphatic heterocycles. The number of aromatic carboxylic acids is 1. The van der Waals surface area contributed by atoms with E-state index < -0.39 is 5.97 Å². The number of nitrogens with zero attached hydrogens (tertiary/aromatic N) is 1. The van der Waals surface area contributed by atoms with Crippen LogP contribution < -0.4 is 4.90 Å². The summed E-state index contributed by atoms with van der Waals surface area (Å²) in [5, 5.41) is 9.14. The molecule has 2 aromatic rings. The van der Waals surface area contributed by atoms with Gasteiger partial charge in [-0.2, -0.15) is 0 Å². The Labute approximate surface area is 110 Å². The van der Waals surface area contributed by atoms with Crippen LogP contribution in [-0.2, 0) is 6.54 Å². The van der Waals surface area contributed by atoms with E-state index >= 15 is 0 Å². The molecule has 0 radical (unpaired) electrons. The minimum atomic E-state index is -0.957. The van der Waals surface area contributed by atoms with Gasteiger partial charge < -0.3 is 10.0 Å². The lowest BCUT2D eigenvalue weighted by molar-refractivity contribution is 0.0697. The highest BCUT2D eigenvalue weighted by Gasteiger charge is 2.12. The molecule has 0 aliphatic carbocycles. The van der Waals surface area contributed by atoms with E-state index in [1.807, 2.05) is 11.9 Å². The highest BCUT2D eigenvalue weighted by molar-refractivity contribution is 5.94. The molecule has 3 nitrogen and oxygen atoms in total. The predicted molar refractivity (Wildman–Crippen MR) is 71.9 cm³/mol. The lowest BCUT2D eigenvalue weighted by Crippen LogP contribution is -2.19. The third-order valence-corrected chi connectivity index (χ3v) is 2.88. The maximum absolute atomic E-state index is 12.8. The predicted octanol–water partition coefficient (Wildman–Crippen LogP) is 3.16. The van der Waals surface area contributed by atoms with E-state index in [-0.39, 0.29) is 11.4 Å². The van der Waals surface area contributed by atoms with Gasteiger partial charge in [0.2, 0.25) is 0 Å². The number of hydrogen-bond donors (Lipinski definition) is 1. The molecule has 0 spiro atoms. The van der Waals surface area contributed by atoms with E-state index in [0.717, 1.165) is 5.56 Å². The van der Waals surface area contributed by atoms with Crippen LogP contribution in [0.5, 0.6) is 0 Å². The molecule has 1 N–H and O–H groups in total. The molecule has 4 heteroatoms. The number of benzene rings is 2. The SMILES string of the molecule is CN(Cc1ccc(F)cc1)c1ccccc1C(=O)O. The summed E-state index contributed by atoms with van der Waals surface area (Å²) in [7, 11) is 1.81. The molecule has 0 unspecified atom stereocenters. The van der Waals surface area contributed by atoms with Gasteiger partial charge in [-0.1, -0.05) is 24.3 Å². The summed E-state index contributed by atoms with van der Waals surface area (Å²) in [6.45, 7) is 0.518. The van der Waals surface area contributed by atoms with Crippen molar-refractivity contribution in [2.24, 2.45) is 0 Å². The molecule has 2 aromatic carbocycles. The maximum Gasteiger partial charge on any atom is 0.337 e. The third kappa shape index (κ3) is 3.10. The molecule has 98 valence electrons. The lowest BCUT2D eigenvalue weighted by Gasteiger charge is -2.21. The Hall–Kier alpha value is -2.36. The zero-order valence-electron chi connectivity index (χ0n) is 10.5. The smallest absolute Gasteiger partial charge is 0.337 e. The average molecular weight is 259 g/mol. The van der Waals surface area contributed by atoms with Crippen LogP contribution in [0.2, 0.25) is 0 Å². The van der Waals surface area contributed by atoms with Crippen LogP contribution in [0.1, 0.15) is 15.9 Å². The van der Waals surface area contributed by atoms with E-state index in [9.17, 15) is 9.18 Å². The quantitative estimate of drug-likeness (QED) is 0.916. The van der Waals surface area contributed by atoms with Crippen LogP contribution in [-0.4, -0.2) is 18.1 Å². The normalized spacial score (nSPS) is 10.2. The Morgan fingerprint density at radius 2 is 1.79 bits per heavy atom.